The fourth-order valence-corrected chi connectivity index (χ4v) is 13.5. The zero-order valence-electron chi connectivity index (χ0n) is 25.6. The van der Waals surface area contributed by atoms with E-state index in [-0.39, 0.29) is 22.2 Å². The van der Waals surface area contributed by atoms with Crippen LogP contribution >= 0.6 is 0 Å². The van der Waals surface area contributed by atoms with E-state index in [0.29, 0.717) is 6.42 Å². The molecule has 2 nitrogen and oxygen atoms in total. The first kappa shape index (κ1) is 22.8. The summed E-state index contributed by atoms with van der Waals surface area (Å²) in [6.45, 7) is 0. The molecule has 1 fully saturated rings. The van der Waals surface area contributed by atoms with Gasteiger partial charge in [0.1, 0.15) is 0 Å². The number of carbonyl (C=O) groups excluding carboxylic acids is 1. The van der Waals surface area contributed by atoms with E-state index >= 15 is 0 Å². The topological polar surface area (TPSA) is 26.3 Å². The van der Waals surface area contributed by atoms with Gasteiger partial charge in [-0.3, -0.25) is 4.79 Å². The molecule has 0 radical (unpaired) electrons. The maximum absolute atomic E-state index is 12.6. The first-order valence-corrected chi connectivity index (χ1v) is 17.3. The monoisotopic (exact) mass is 588 g/mol. The van der Waals surface area contributed by atoms with E-state index in [1.165, 1.54) is 23.8 Å². The van der Waals surface area contributed by atoms with Gasteiger partial charge in [0.15, 0.2) is 0 Å². The van der Waals surface area contributed by atoms with Gasteiger partial charge in [-0.25, -0.2) is 0 Å². The lowest BCUT2D eigenvalue weighted by Crippen LogP contribution is -2.25. The first-order valence-electron chi connectivity index (χ1n) is 17.3. The largest absolute Gasteiger partial charge is 0.469 e. The number of esters is 1. The lowest BCUT2D eigenvalue weighted by molar-refractivity contribution is -0.140. The third-order valence-electron chi connectivity index (χ3n) is 14.4. The third kappa shape index (κ3) is 1.79. The molecule has 216 valence electrons. The lowest BCUT2D eigenvalue weighted by atomic mass is 9.70. The van der Waals surface area contributed by atoms with Crippen LogP contribution in [0.15, 0.2) is 60.7 Å². The zero-order valence-corrected chi connectivity index (χ0v) is 25.6. The Morgan fingerprint density at radius 2 is 1.46 bits per heavy atom. The van der Waals surface area contributed by atoms with Crippen LogP contribution < -0.4 is 0 Å². The van der Waals surface area contributed by atoms with Crippen molar-refractivity contribution in [2.45, 2.75) is 55.8 Å². The fourth-order valence-electron chi connectivity index (χ4n) is 13.5. The van der Waals surface area contributed by atoms with E-state index in [1.54, 1.807) is 98.7 Å². The Hall–Kier alpha value is -4.69. The average Bonchev–Trinajstić information content (AvgIpc) is 3.58. The number of allylic oxidation sites excluding steroid dienone is 3. The zero-order chi connectivity index (χ0) is 29.6. The second kappa shape index (κ2) is 6.45. The Kier molecular flexibility index (Phi) is 3.19. The predicted molar refractivity (Wildman–Crippen MR) is 184 cm³/mol. The molecule has 3 atom stereocenters. The summed E-state index contributed by atoms with van der Waals surface area (Å²) in [5, 5.41) is 12.7. The highest BCUT2D eigenvalue weighted by molar-refractivity contribution is 6.46. The minimum absolute atomic E-state index is 0.102. The Morgan fingerprint density at radius 1 is 0.739 bits per heavy atom. The van der Waals surface area contributed by atoms with Crippen LogP contribution in [0.2, 0.25) is 0 Å². The van der Waals surface area contributed by atoms with Gasteiger partial charge in [0, 0.05) is 22.7 Å². The van der Waals surface area contributed by atoms with Crippen molar-refractivity contribution < 1.29 is 9.53 Å². The number of aryl methyl sites for hydroxylation is 2. The Morgan fingerprint density at radius 3 is 2.26 bits per heavy atom. The highest BCUT2D eigenvalue weighted by Gasteiger charge is 2.89. The summed E-state index contributed by atoms with van der Waals surface area (Å²) in [5.74, 6) is -0.102. The molecule has 1 saturated carbocycles. The quantitative estimate of drug-likeness (QED) is 0.148. The molecular formula is C44H28O2. The second-order valence-electron chi connectivity index (χ2n) is 15.6. The van der Waals surface area contributed by atoms with Crippen LogP contribution in [-0.2, 0) is 46.0 Å². The van der Waals surface area contributed by atoms with Gasteiger partial charge in [-0.05, 0) is 154 Å². The maximum Gasteiger partial charge on any atom is 0.305 e. The van der Waals surface area contributed by atoms with E-state index < -0.39 is 0 Å². The van der Waals surface area contributed by atoms with Crippen molar-refractivity contribution in [3.8, 4) is 11.1 Å². The van der Waals surface area contributed by atoms with Crippen LogP contribution in [0.1, 0.15) is 74.9 Å². The molecule has 8 aliphatic carbocycles. The van der Waals surface area contributed by atoms with Crippen molar-refractivity contribution in [3.05, 3.63) is 116 Å². The van der Waals surface area contributed by atoms with Gasteiger partial charge in [-0.1, -0.05) is 66.8 Å². The van der Waals surface area contributed by atoms with Gasteiger partial charge in [0.25, 0.3) is 0 Å². The van der Waals surface area contributed by atoms with Gasteiger partial charge in [0.05, 0.1) is 7.11 Å². The molecule has 6 aromatic carbocycles. The molecule has 0 aromatic heterocycles. The minimum atomic E-state index is -0.166. The van der Waals surface area contributed by atoms with Crippen LogP contribution in [0.25, 0.3) is 65.9 Å². The Balaban J connectivity index is 1.26. The highest BCUT2D eigenvalue weighted by atomic mass is 16.5. The summed E-state index contributed by atoms with van der Waals surface area (Å²) in [4.78, 5) is 12.6. The summed E-state index contributed by atoms with van der Waals surface area (Å²) in [6, 6.07) is 19.2. The molecule has 46 heavy (non-hydrogen) atoms. The molecule has 3 unspecified atom stereocenters. The highest BCUT2D eigenvalue weighted by Crippen LogP contribution is 2.91. The van der Waals surface area contributed by atoms with E-state index in [2.05, 4.69) is 66.8 Å². The van der Waals surface area contributed by atoms with Crippen molar-refractivity contribution in [1.82, 2.24) is 0 Å². The standard InChI is InChI=1S/C44H28O2/c1-46-28(45)8-5-12-43(27-6-3-2-4-7-27)42-13-11-22-16-25-17-23-14-20-9-10-21-15-24-18-26(19-42)34-33(24)36-30(21)29(20)35-31(23)32(25)38-39(37(35)36)41(34)44(42,43)40(22)38/h2-4,6-7,11,13-16,19H,5,8-10,12,17-18H2,1H3. The van der Waals surface area contributed by atoms with E-state index in [0.717, 1.165) is 38.5 Å². The summed E-state index contributed by atoms with van der Waals surface area (Å²) in [5.41, 5.74) is 19.8. The first-order chi connectivity index (χ1) is 22.6. The predicted octanol–water partition coefficient (Wildman–Crippen LogP) is 9.14. The normalized spacial score (nSPS) is 27.1. The molecule has 0 saturated heterocycles. The number of carbonyl (C=O) groups is 1. The van der Waals surface area contributed by atoms with Gasteiger partial charge in [-0.2, -0.15) is 0 Å². The number of benzene rings is 6. The van der Waals surface area contributed by atoms with Crippen molar-refractivity contribution in [2.24, 2.45) is 5.41 Å². The molecule has 14 rings (SSSR count). The number of hydrogen-bond donors (Lipinski definition) is 0. The SMILES string of the molecule is COC(=O)CCCC1(c2ccccc2)C23C=Cc4cc5c6c7c(cc8c9c7c7c%10c-9c(cc9c%10c(c%10c7c6c4C%1021)C(=C3)C9)CC8)C5. The third-order valence-corrected chi connectivity index (χ3v) is 14.4. The summed E-state index contributed by atoms with van der Waals surface area (Å²) < 4.78 is 5.18. The molecule has 0 bridgehead atoms. The smallest absolute Gasteiger partial charge is 0.305 e. The molecule has 0 amide bonds. The molecular weight excluding hydrogens is 560 g/mol. The Bertz CT molecular complexity index is 2780. The minimum Gasteiger partial charge on any atom is -0.469 e. The van der Waals surface area contributed by atoms with Crippen LogP contribution in [0, 0.1) is 5.41 Å². The lowest BCUT2D eigenvalue weighted by Gasteiger charge is -2.31. The second-order valence-corrected chi connectivity index (χ2v) is 15.6. The molecule has 2 heteroatoms. The van der Waals surface area contributed by atoms with Crippen molar-refractivity contribution in [3.63, 3.8) is 0 Å². The van der Waals surface area contributed by atoms with Crippen LogP contribution in [0.4, 0.5) is 0 Å². The maximum atomic E-state index is 12.6. The summed E-state index contributed by atoms with van der Waals surface area (Å²) in [6.07, 6.45) is 14.5. The molecule has 1 spiro atoms. The molecule has 0 heterocycles. The van der Waals surface area contributed by atoms with E-state index in [9.17, 15) is 4.79 Å². The molecule has 0 aliphatic heterocycles. The summed E-state index contributed by atoms with van der Waals surface area (Å²) >= 11 is 0. The van der Waals surface area contributed by atoms with Gasteiger partial charge < -0.3 is 4.74 Å². The van der Waals surface area contributed by atoms with Crippen molar-refractivity contribution in [2.75, 3.05) is 7.11 Å². The number of ether oxygens (including phenoxy) is 1. The van der Waals surface area contributed by atoms with Gasteiger partial charge in [-0.15, -0.1) is 0 Å². The van der Waals surface area contributed by atoms with Gasteiger partial charge in [0.2, 0.25) is 0 Å². The number of hydrogen-bond acceptors (Lipinski definition) is 2. The van der Waals surface area contributed by atoms with Gasteiger partial charge >= 0.3 is 5.97 Å². The van der Waals surface area contributed by atoms with Crippen LogP contribution in [0.3, 0.4) is 0 Å². The van der Waals surface area contributed by atoms with Crippen molar-refractivity contribution in [1.29, 1.82) is 0 Å². The number of rotatable bonds is 5. The van der Waals surface area contributed by atoms with Crippen molar-refractivity contribution >= 4 is 60.7 Å². The fraction of sp³-hybridized carbons (Fsp3) is 0.250. The summed E-state index contributed by atoms with van der Waals surface area (Å²) in [7, 11) is 1.52. The molecule has 8 aliphatic rings. The van der Waals surface area contributed by atoms with Crippen LogP contribution in [0.5, 0.6) is 0 Å². The Labute approximate surface area is 265 Å². The molecule has 0 N–H and O–H groups in total. The van der Waals surface area contributed by atoms with E-state index in [1.807, 2.05) is 0 Å². The van der Waals surface area contributed by atoms with Crippen LogP contribution in [-0.4, -0.2) is 13.1 Å². The van der Waals surface area contributed by atoms with E-state index in [4.69, 9.17) is 4.74 Å². The number of methoxy groups -OCH3 is 1. The average molecular weight is 589 g/mol. The molecule has 6 aromatic rings.